The molecule has 1 atom stereocenters. The fraction of sp³-hybridized carbons (Fsp3) is 0.579. The van der Waals surface area contributed by atoms with Gasteiger partial charge in [-0.2, -0.15) is 0 Å². The van der Waals surface area contributed by atoms with Crippen molar-refractivity contribution in [3.8, 4) is 5.75 Å². The predicted octanol–water partition coefficient (Wildman–Crippen LogP) is 0.532. The molecule has 1 aromatic carbocycles. The number of ether oxygens (including phenoxy) is 1. The van der Waals surface area contributed by atoms with Gasteiger partial charge in [0, 0.05) is 31.7 Å². The summed E-state index contributed by atoms with van der Waals surface area (Å²) in [6, 6.07) is 6.76. The molecule has 0 bridgehead atoms. The fourth-order valence-electron chi connectivity index (χ4n) is 3.34. The van der Waals surface area contributed by atoms with Crippen LogP contribution < -0.4 is 15.4 Å². The van der Waals surface area contributed by atoms with E-state index in [-0.39, 0.29) is 25.0 Å². The molecular weight excluding hydrogens is 334 g/mol. The van der Waals surface area contributed by atoms with Crippen molar-refractivity contribution in [1.82, 2.24) is 15.5 Å². The monoisotopic (exact) mass is 361 g/mol. The van der Waals surface area contributed by atoms with Crippen LogP contribution in [0.3, 0.4) is 0 Å². The normalized spacial score (nSPS) is 22.9. The minimum Gasteiger partial charge on any atom is -0.484 e. The predicted molar refractivity (Wildman–Crippen MR) is 97.1 cm³/mol. The summed E-state index contributed by atoms with van der Waals surface area (Å²) in [7, 11) is 0. The van der Waals surface area contributed by atoms with Crippen LogP contribution in [0.5, 0.6) is 5.75 Å². The van der Waals surface area contributed by atoms with Crippen LogP contribution >= 0.6 is 0 Å². The lowest BCUT2D eigenvalue weighted by Gasteiger charge is -2.26. The minimum absolute atomic E-state index is 0.0174. The second kappa shape index (κ2) is 8.51. The molecule has 2 amide bonds. The number of hydrogen-bond acceptors (Lipinski definition) is 5. The van der Waals surface area contributed by atoms with Crippen molar-refractivity contribution in [2.75, 3.05) is 39.3 Å². The van der Waals surface area contributed by atoms with E-state index in [4.69, 9.17) is 4.74 Å². The van der Waals surface area contributed by atoms with Crippen LogP contribution in [0, 0.1) is 0 Å². The van der Waals surface area contributed by atoms with Crippen LogP contribution in [-0.4, -0.2) is 66.8 Å². The molecule has 1 aromatic rings. The van der Waals surface area contributed by atoms with Gasteiger partial charge in [0.05, 0.1) is 5.60 Å². The number of hydrogen-bond donors (Lipinski definition) is 3. The second-order valence-electron chi connectivity index (χ2n) is 7.09. The summed E-state index contributed by atoms with van der Waals surface area (Å²) in [5, 5.41) is 16.1. The van der Waals surface area contributed by atoms with Crippen molar-refractivity contribution in [1.29, 1.82) is 0 Å². The number of aliphatic hydroxyl groups is 1. The topological polar surface area (TPSA) is 90.9 Å². The van der Waals surface area contributed by atoms with E-state index >= 15 is 0 Å². The molecule has 7 nitrogen and oxygen atoms in total. The van der Waals surface area contributed by atoms with Crippen molar-refractivity contribution in [2.24, 2.45) is 0 Å². The number of amides is 2. The maximum atomic E-state index is 12.3. The number of piperidine rings is 1. The number of benzene rings is 1. The zero-order valence-electron chi connectivity index (χ0n) is 15.0. The Balaban J connectivity index is 1.50. The molecule has 3 N–H and O–H groups in total. The number of carbonyl (C=O) groups excluding carboxylic acids is 2. The summed E-state index contributed by atoms with van der Waals surface area (Å²) in [4.78, 5) is 26.3. The zero-order chi connectivity index (χ0) is 18.4. The molecule has 0 aliphatic carbocycles. The first-order valence-electron chi connectivity index (χ1n) is 9.28. The van der Waals surface area contributed by atoms with Crippen molar-refractivity contribution in [3.05, 3.63) is 29.8 Å². The Labute approximate surface area is 153 Å². The van der Waals surface area contributed by atoms with E-state index in [0.29, 0.717) is 24.3 Å². The first kappa shape index (κ1) is 18.7. The molecule has 0 unspecified atom stereocenters. The summed E-state index contributed by atoms with van der Waals surface area (Å²) >= 11 is 0. The number of nitrogens with one attached hydrogen (secondary N) is 2. The molecular formula is C19H27N3O4. The molecule has 26 heavy (non-hydrogen) atoms. The second-order valence-corrected chi connectivity index (χ2v) is 7.09. The molecule has 2 fully saturated rings. The number of carbonyl (C=O) groups is 2. The van der Waals surface area contributed by atoms with Crippen LogP contribution in [0.4, 0.5) is 0 Å². The average Bonchev–Trinajstić information content (AvgIpc) is 3.12. The zero-order valence-corrected chi connectivity index (χ0v) is 15.0. The number of nitrogens with zero attached hydrogens (tertiary/aromatic N) is 1. The number of rotatable bonds is 6. The van der Waals surface area contributed by atoms with Crippen LogP contribution in [0.2, 0.25) is 0 Å². The number of likely N-dealkylation sites (tertiary alicyclic amines) is 1. The summed E-state index contributed by atoms with van der Waals surface area (Å²) < 4.78 is 5.58. The van der Waals surface area contributed by atoms with Gasteiger partial charge < -0.3 is 25.4 Å². The van der Waals surface area contributed by atoms with Crippen LogP contribution in [0.25, 0.3) is 0 Å². The SMILES string of the molecule is O=C(NC[C@@]1(O)CCNC1)c1cccc(OCC(=O)N2CCCCC2)c1. The van der Waals surface area contributed by atoms with E-state index in [2.05, 4.69) is 10.6 Å². The van der Waals surface area contributed by atoms with Gasteiger partial charge in [0.2, 0.25) is 0 Å². The van der Waals surface area contributed by atoms with Crippen LogP contribution in [0.15, 0.2) is 24.3 Å². The molecule has 3 rings (SSSR count). The van der Waals surface area contributed by atoms with Gasteiger partial charge in [0.25, 0.3) is 11.8 Å². The first-order chi connectivity index (χ1) is 12.6. The summed E-state index contributed by atoms with van der Waals surface area (Å²) in [5.74, 6) is 0.206. The van der Waals surface area contributed by atoms with E-state index in [9.17, 15) is 14.7 Å². The molecule has 0 spiro atoms. The highest BCUT2D eigenvalue weighted by atomic mass is 16.5. The molecule has 0 aromatic heterocycles. The van der Waals surface area contributed by atoms with E-state index in [1.165, 1.54) is 6.42 Å². The Morgan fingerprint density at radius 2 is 2.08 bits per heavy atom. The van der Waals surface area contributed by atoms with E-state index in [1.54, 1.807) is 24.3 Å². The molecule has 2 aliphatic rings. The summed E-state index contributed by atoms with van der Waals surface area (Å²) in [6.07, 6.45) is 3.88. The Bertz CT molecular complexity index is 637. The van der Waals surface area contributed by atoms with Gasteiger partial charge in [-0.05, 0) is 50.4 Å². The van der Waals surface area contributed by atoms with Crippen molar-refractivity contribution >= 4 is 11.8 Å². The first-order valence-corrected chi connectivity index (χ1v) is 9.28. The van der Waals surface area contributed by atoms with Gasteiger partial charge in [0.1, 0.15) is 5.75 Å². The van der Waals surface area contributed by atoms with Gasteiger partial charge in [-0.15, -0.1) is 0 Å². The van der Waals surface area contributed by atoms with Gasteiger partial charge in [-0.3, -0.25) is 9.59 Å². The molecule has 142 valence electrons. The van der Waals surface area contributed by atoms with Crippen LogP contribution in [-0.2, 0) is 4.79 Å². The number of β-amino-alcohol motifs (C(OH)–C–C–N with tert-alkyl or cyclic N) is 1. The van der Waals surface area contributed by atoms with Gasteiger partial charge in [-0.1, -0.05) is 6.07 Å². The average molecular weight is 361 g/mol. The van der Waals surface area contributed by atoms with Crippen LogP contribution in [0.1, 0.15) is 36.0 Å². The smallest absolute Gasteiger partial charge is 0.260 e. The molecule has 0 radical (unpaired) electrons. The Morgan fingerprint density at radius 3 is 2.81 bits per heavy atom. The minimum atomic E-state index is -0.884. The van der Waals surface area contributed by atoms with Gasteiger partial charge >= 0.3 is 0 Å². The highest BCUT2D eigenvalue weighted by molar-refractivity contribution is 5.94. The molecule has 2 aliphatic heterocycles. The Morgan fingerprint density at radius 1 is 1.27 bits per heavy atom. The standard InChI is InChI=1S/C19H27N3O4/c23-17(22-9-2-1-3-10-22)12-26-16-6-4-5-15(11-16)18(24)21-14-19(25)7-8-20-13-19/h4-6,11,20,25H,1-3,7-10,12-14H2,(H,21,24)/t19-/m1/s1. The van der Waals surface area contributed by atoms with E-state index < -0.39 is 5.60 Å². The molecule has 2 saturated heterocycles. The highest BCUT2D eigenvalue weighted by Crippen LogP contribution is 2.16. The lowest BCUT2D eigenvalue weighted by molar-refractivity contribution is -0.134. The van der Waals surface area contributed by atoms with E-state index in [0.717, 1.165) is 32.5 Å². The highest BCUT2D eigenvalue weighted by Gasteiger charge is 2.31. The molecule has 2 heterocycles. The lowest BCUT2D eigenvalue weighted by Crippen LogP contribution is -2.44. The maximum absolute atomic E-state index is 12.3. The lowest BCUT2D eigenvalue weighted by atomic mass is 10.0. The van der Waals surface area contributed by atoms with Gasteiger partial charge in [-0.25, -0.2) is 0 Å². The third-order valence-corrected chi connectivity index (χ3v) is 4.97. The summed E-state index contributed by atoms with van der Waals surface area (Å²) in [6.45, 7) is 3.01. The quantitative estimate of drug-likeness (QED) is 0.688. The third kappa shape index (κ3) is 4.95. The Kier molecular flexibility index (Phi) is 6.11. The third-order valence-electron chi connectivity index (χ3n) is 4.97. The molecule has 0 saturated carbocycles. The van der Waals surface area contributed by atoms with Crippen molar-refractivity contribution in [2.45, 2.75) is 31.3 Å². The Hall–Kier alpha value is -2.12. The summed E-state index contributed by atoms with van der Waals surface area (Å²) in [5.41, 5.74) is -0.438. The van der Waals surface area contributed by atoms with Gasteiger partial charge in [0.15, 0.2) is 6.61 Å². The van der Waals surface area contributed by atoms with E-state index in [1.807, 2.05) is 4.90 Å². The van der Waals surface area contributed by atoms with Crippen molar-refractivity contribution in [3.63, 3.8) is 0 Å². The maximum Gasteiger partial charge on any atom is 0.260 e. The largest absolute Gasteiger partial charge is 0.484 e. The fourth-order valence-corrected chi connectivity index (χ4v) is 3.34. The molecule has 7 heteroatoms. The van der Waals surface area contributed by atoms with Crippen molar-refractivity contribution < 1.29 is 19.4 Å².